The van der Waals surface area contributed by atoms with Gasteiger partial charge in [-0.3, -0.25) is 29.8 Å². The Bertz CT molecular complexity index is 884. The molecule has 0 fully saturated rings. The Morgan fingerprint density at radius 2 is 1.71 bits per heavy atom. The van der Waals surface area contributed by atoms with Crippen molar-refractivity contribution in [3.05, 3.63) is 74.3 Å². The van der Waals surface area contributed by atoms with E-state index in [4.69, 9.17) is 4.74 Å². The summed E-state index contributed by atoms with van der Waals surface area (Å²) in [5, 5.41) is 24.5. The summed E-state index contributed by atoms with van der Waals surface area (Å²) in [7, 11) is 0. The average Bonchev–Trinajstić information content (AvgIpc) is 2.69. The molecule has 2 rings (SSSR count). The molecule has 10 heteroatoms. The Morgan fingerprint density at radius 1 is 1.00 bits per heavy atom. The van der Waals surface area contributed by atoms with Crippen molar-refractivity contribution < 1.29 is 24.2 Å². The normalized spacial score (nSPS) is 10.1. The number of ketones is 1. The van der Waals surface area contributed by atoms with Crippen molar-refractivity contribution in [2.45, 2.75) is 12.8 Å². The SMILES string of the molecule is O=C(CCCNc1ccc([N+](=O)[O-])cc1[N+](=O)[O-])OCC(=O)c1ccccc1. The number of benzene rings is 2. The molecule has 1 N–H and O–H groups in total. The number of hydrogen-bond acceptors (Lipinski definition) is 8. The Kier molecular flexibility index (Phi) is 7.14. The molecule has 0 aliphatic rings. The first-order valence-electron chi connectivity index (χ1n) is 8.29. The molecule has 0 aromatic heterocycles. The molecule has 0 radical (unpaired) electrons. The monoisotopic (exact) mass is 387 g/mol. The minimum atomic E-state index is -0.723. The van der Waals surface area contributed by atoms with Crippen molar-refractivity contribution in [3.63, 3.8) is 0 Å². The molecule has 0 aliphatic heterocycles. The number of esters is 1. The molecule has 0 amide bonds. The van der Waals surface area contributed by atoms with Crippen LogP contribution in [0.1, 0.15) is 23.2 Å². The van der Waals surface area contributed by atoms with Crippen molar-refractivity contribution in [2.24, 2.45) is 0 Å². The van der Waals surface area contributed by atoms with E-state index in [1.807, 2.05) is 0 Å². The van der Waals surface area contributed by atoms with Crippen LogP contribution in [-0.2, 0) is 9.53 Å². The van der Waals surface area contributed by atoms with Crippen molar-refractivity contribution in [2.75, 3.05) is 18.5 Å². The Balaban J connectivity index is 1.78. The predicted octanol–water partition coefficient (Wildman–Crippen LogP) is 3.12. The van der Waals surface area contributed by atoms with Gasteiger partial charge in [-0.25, -0.2) is 0 Å². The molecular formula is C18H17N3O7. The molecule has 0 bridgehead atoms. The number of carbonyl (C=O) groups is 2. The molecule has 0 unspecified atom stereocenters. The first kappa shape index (κ1) is 20.5. The second-order valence-electron chi connectivity index (χ2n) is 5.70. The molecule has 0 aliphatic carbocycles. The van der Waals surface area contributed by atoms with E-state index in [-0.39, 0.29) is 36.7 Å². The quantitative estimate of drug-likeness (QED) is 0.215. The zero-order chi connectivity index (χ0) is 20.5. The summed E-state index contributed by atoms with van der Waals surface area (Å²) in [6, 6.07) is 11.7. The Morgan fingerprint density at radius 3 is 2.36 bits per heavy atom. The lowest BCUT2D eigenvalue weighted by atomic mass is 10.1. The van der Waals surface area contributed by atoms with Crippen LogP contribution in [0.2, 0.25) is 0 Å². The van der Waals surface area contributed by atoms with Crippen LogP contribution in [0.4, 0.5) is 17.1 Å². The average molecular weight is 387 g/mol. The number of anilines is 1. The first-order valence-corrected chi connectivity index (χ1v) is 8.29. The fourth-order valence-corrected chi connectivity index (χ4v) is 2.32. The van der Waals surface area contributed by atoms with Gasteiger partial charge in [0, 0.05) is 24.6 Å². The minimum Gasteiger partial charge on any atom is -0.457 e. The second kappa shape index (κ2) is 9.76. The Hall–Kier alpha value is -3.82. The summed E-state index contributed by atoms with van der Waals surface area (Å²) >= 11 is 0. The highest BCUT2D eigenvalue weighted by Gasteiger charge is 2.19. The summed E-state index contributed by atoms with van der Waals surface area (Å²) < 4.78 is 4.92. The number of hydrogen-bond donors (Lipinski definition) is 1. The van der Waals surface area contributed by atoms with E-state index in [0.717, 1.165) is 12.1 Å². The molecule has 2 aromatic carbocycles. The maximum atomic E-state index is 11.8. The van der Waals surface area contributed by atoms with Gasteiger partial charge >= 0.3 is 5.97 Å². The van der Waals surface area contributed by atoms with Gasteiger partial charge in [0.1, 0.15) is 5.69 Å². The highest BCUT2D eigenvalue weighted by molar-refractivity contribution is 5.97. The molecule has 0 atom stereocenters. The topological polar surface area (TPSA) is 142 Å². The number of nitrogens with zero attached hydrogens (tertiary/aromatic N) is 2. The number of non-ortho nitro benzene ring substituents is 1. The van der Waals surface area contributed by atoms with Crippen molar-refractivity contribution in [3.8, 4) is 0 Å². The van der Waals surface area contributed by atoms with Crippen LogP contribution in [0.3, 0.4) is 0 Å². The molecule has 0 spiro atoms. The van der Waals surface area contributed by atoms with Crippen LogP contribution in [0.25, 0.3) is 0 Å². The highest BCUT2D eigenvalue weighted by Crippen LogP contribution is 2.28. The summed E-state index contributed by atoms with van der Waals surface area (Å²) in [6.45, 7) is -0.148. The largest absolute Gasteiger partial charge is 0.457 e. The predicted molar refractivity (Wildman–Crippen MR) is 99.2 cm³/mol. The number of ether oxygens (including phenoxy) is 1. The summed E-state index contributed by atoms with van der Waals surface area (Å²) in [4.78, 5) is 43.8. The van der Waals surface area contributed by atoms with Gasteiger partial charge in [-0.15, -0.1) is 0 Å². The van der Waals surface area contributed by atoms with E-state index in [9.17, 15) is 29.8 Å². The van der Waals surface area contributed by atoms with Crippen LogP contribution in [0.5, 0.6) is 0 Å². The molecular weight excluding hydrogens is 370 g/mol. The lowest BCUT2D eigenvalue weighted by Gasteiger charge is -2.07. The smallest absolute Gasteiger partial charge is 0.306 e. The molecule has 0 saturated heterocycles. The zero-order valence-electron chi connectivity index (χ0n) is 14.7. The third-order valence-electron chi connectivity index (χ3n) is 3.72. The second-order valence-corrected chi connectivity index (χ2v) is 5.70. The van der Waals surface area contributed by atoms with Gasteiger partial charge in [-0.1, -0.05) is 30.3 Å². The van der Waals surface area contributed by atoms with Gasteiger partial charge in [0.05, 0.1) is 15.9 Å². The number of Topliss-reactive ketones (excluding diaryl/α,β-unsaturated/α-hetero) is 1. The van der Waals surface area contributed by atoms with E-state index < -0.39 is 21.5 Å². The van der Waals surface area contributed by atoms with E-state index in [0.29, 0.717) is 12.0 Å². The van der Waals surface area contributed by atoms with Crippen molar-refractivity contribution in [1.82, 2.24) is 0 Å². The summed E-state index contributed by atoms with van der Waals surface area (Å²) in [5.74, 6) is -0.877. The lowest BCUT2D eigenvalue weighted by Crippen LogP contribution is -2.15. The molecule has 2 aromatic rings. The number of nitro groups is 2. The number of nitro benzene ring substituents is 2. The summed E-state index contributed by atoms with van der Waals surface area (Å²) in [5.41, 5.74) is -0.250. The lowest BCUT2D eigenvalue weighted by molar-refractivity contribution is -0.393. The van der Waals surface area contributed by atoms with Gasteiger partial charge in [0.2, 0.25) is 0 Å². The van der Waals surface area contributed by atoms with E-state index in [2.05, 4.69) is 5.32 Å². The molecule has 146 valence electrons. The first-order chi connectivity index (χ1) is 13.4. The number of nitrogens with one attached hydrogen (secondary N) is 1. The van der Waals surface area contributed by atoms with Crippen molar-refractivity contribution >= 4 is 28.8 Å². The van der Waals surface area contributed by atoms with Crippen LogP contribution in [0.15, 0.2) is 48.5 Å². The standard InChI is InChI=1S/C18H17N3O7/c22-17(13-5-2-1-3-6-13)12-28-18(23)7-4-10-19-15-9-8-14(20(24)25)11-16(15)21(26)27/h1-3,5-6,8-9,11,19H,4,7,10,12H2. The van der Waals surface area contributed by atoms with Crippen LogP contribution >= 0.6 is 0 Å². The molecule has 0 saturated carbocycles. The van der Waals surface area contributed by atoms with Gasteiger partial charge in [0.25, 0.3) is 11.4 Å². The fraction of sp³-hybridized carbons (Fsp3) is 0.222. The summed E-state index contributed by atoms with van der Waals surface area (Å²) in [6.07, 6.45) is 0.308. The van der Waals surface area contributed by atoms with E-state index >= 15 is 0 Å². The third kappa shape index (κ3) is 5.87. The van der Waals surface area contributed by atoms with Gasteiger partial charge < -0.3 is 10.1 Å². The number of rotatable bonds is 10. The fourth-order valence-electron chi connectivity index (χ4n) is 2.32. The number of carbonyl (C=O) groups excluding carboxylic acids is 2. The third-order valence-corrected chi connectivity index (χ3v) is 3.72. The maximum absolute atomic E-state index is 11.8. The minimum absolute atomic E-state index is 0.00977. The van der Waals surface area contributed by atoms with Crippen LogP contribution < -0.4 is 5.32 Å². The van der Waals surface area contributed by atoms with Crippen LogP contribution in [0, 0.1) is 20.2 Å². The van der Waals surface area contributed by atoms with Gasteiger partial charge in [0.15, 0.2) is 12.4 Å². The van der Waals surface area contributed by atoms with Crippen molar-refractivity contribution in [1.29, 1.82) is 0 Å². The van der Waals surface area contributed by atoms with E-state index in [1.165, 1.54) is 6.07 Å². The van der Waals surface area contributed by atoms with Gasteiger partial charge in [-0.2, -0.15) is 0 Å². The maximum Gasteiger partial charge on any atom is 0.306 e. The molecule has 0 heterocycles. The van der Waals surface area contributed by atoms with Crippen LogP contribution in [-0.4, -0.2) is 34.8 Å². The highest BCUT2D eigenvalue weighted by atomic mass is 16.6. The van der Waals surface area contributed by atoms with E-state index in [1.54, 1.807) is 30.3 Å². The molecule has 28 heavy (non-hydrogen) atoms. The Labute approximate surface area is 159 Å². The zero-order valence-corrected chi connectivity index (χ0v) is 14.7. The van der Waals surface area contributed by atoms with Gasteiger partial charge in [-0.05, 0) is 12.5 Å². The molecule has 10 nitrogen and oxygen atoms in total.